The number of rotatable bonds is 7. The molecule has 23 heavy (non-hydrogen) atoms. The molecule has 0 unspecified atom stereocenters. The van der Waals surface area contributed by atoms with Gasteiger partial charge in [0.1, 0.15) is 5.82 Å². The van der Waals surface area contributed by atoms with Crippen molar-refractivity contribution in [3.63, 3.8) is 0 Å². The number of aromatic nitrogens is 2. The first-order valence-electron chi connectivity index (χ1n) is 8.32. The van der Waals surface area contributed by atoms with Crippen LogP contribution in [0.5, 0.6) is 0 Å². The minimum absolute atomic E-state index is 0.180. The molecule has 0 amide bonds. The molecule has 2 aromatic rings. The van der Waals surface area contributed by atoms with Gasteiger partial charge in [-0.25, -0.2) is 4.39 Å². The van der Waals surface area contributed by atoms with Crippen LogP contribution in [-0.4, -0.2) is 34.7 Å². The number of nitrogens with zero attached hydrogens (tertiary/aromatic N) is 3. The summed E-state index contributed by atoms with van der Waals surface area (Å²) in [6.07, 6.45) is 4.19. The van der Waals surface area contributed by atoms with E-state index in [4.69, 9.17) is 4.42 Å². The highest BCUT2D eigenvalue weighted by Gasteiger charge is 2.24. The lowest BCUT2D eigenvalue weighted by molar-refractivity contribution is 0.254. The van der Waals surface area contributed by atoms with Crippen LogP contribution in [0.15, 0.2) is 28.7 Å². The molecule has 0 bridgehead atoms. The van der Waals surface area contributed by atoms with Crippen LogP contribution in [0.3, 0.4) is 0 Å². The highest BCUT2D eigenvalue weighted by Crippen LogP contribution is 2.25. The summed E-state index contributed by atoms with van der Waals surface area (Å²) in [6.45, 7) is 4.87. The van der Waals surface area contributed by atoms with E-state index in [9.17, 15) is 4.39 Å². The molecule has 0 aliphatic carbocycles. The summed E-state index contributed by atoms with van der Waals surface area (Å²) in [5.74, 6) is 0.456. The topological polar surface area (TPSA) is 54.2 Å². The van der Waals surface area contributed by atoms with Gasteiger partial charge in [-0.05, 0) is 50.0 Å². The Morgan fingerprint density at radius 3 is 2.65 bits per heavy atom. The number of aryl methyl sites for hydroxylation is 1. The van der Waals surface area contributed by atoms with Crippen molar-refractivity contribution >= 4 is 6.01 Å². The number of nitrogens with one attached hydrogen (secondary N) is 1. The third-order valence-electron chi connectivity index (χ3n) is 4.21. The predicted molar refractivity (Wildman–Crippen MR) is 86.7 cm³/mol. The van der Waals surface area contributed by atoms with Crippen LogP contribution in [0.2, 0.25) is 0 Å². The summed E-state index contributed by atoms with van der Waals surface area (Å²) >= 11 is 0. The van der Waals surface area contributed by atoms with Crippen molar-refractivity contribution in [3.8, 4) is 0 Å². The van der Waals surface area contributed by atoms with Crippen LogP contribution in [-0.2, 0) is 6.42 Å². The maximum atomic E-state index is 13.2. The maximum Gasteiger partial charge on any atom is 0.315 e. The Labute approximate surface area is 135 Å². The van der Waals surface area contributed by atoms with Gasteiger partial charge in [0.05, 0.1) is 6.04 Å². The van der Waals surface area contributed by atoms with Crippen molar-refractivity contribution in [2.45, 2.75) is 38.6 Å². The Balaban J connectivity index is 1.69. The third-order valence-corrected chi connectivity index (χ3v) is 4.21. The number of benzene rings is 1. The molecular formula is C17H23FN4O. The minimum atomic E-state index is -0.206. The lowest BCUT2D eigenvalue weighted by Gasteiger charge is -2.27. The summed E-state index contributed by atoms with van der Waals surface area (Å²) in [7, 11) is 0. The minimum Gasteiger partial charge on any atom is -0.408 e. The largest absolute Gasteiger partial charge is 0.408 e. The second kappa shape index (κ2) is 7.55. The number of likely N-dealkylation sites (tertiary alicyclic amines) is 1. The molecular weight excluding hydrogens is 295 g/mol. The summed E-state index contributed by atoms with van der Waals surface area (Å²) < 4.78 is 18.8. The molecule has 2 heterocycles. The van der Waals surface area contributed by atoms with Crippen molar-refractivity contribution in [3.05, 3.63) is 41.5 Å². The van der Waals surface area contributed by atoms with Gasteiger partial charge in [-0.2, -0.15) is 0 Å². The van der Waals surface area contributed by atoms with Crippen molar-refractivity contribution in [2.24, 2.45) is 0 Å². The van der Waals surface area contributed by atoms with Crippen molar-refractivity contribution in [2.75, 3.05) is 25.0 Å². The number of hydrogen-bond donors (Lipinski definition) is 1. The summed E-state index contributed by atoms with van der Waals surface area (Å²) in [5, 5.41) is 11.3. The summed E-state index contributed by atoms with van der Waals surface area (Å²) in [5.41, 5.74) is 1.11. The lowest BCUT2D eigenvalue weighted by Crippen LogP contribution is -2.31. The average Bonchev–Trinajstić information content (AvgIpc) is 3.22. The molecule has 6 heteroatoms. The van der Waals surface area contributed by atoms with E-state index in [-0.39, 0.29) is 11.9 Å². The Morgan fingerprint density at radius 2 is 1.96 bits per heavy atom. The van der Waals surface area contributed by atoms with E-state index in [1.54, 1.807) is 0 Å². The molecule has 1 aliphatic heterocycles. The molecule has 1 aliphatic rings. The molecule has 1 atom stereocenters. The highest BCUT2D eigenvalue weighted by molar-refractivity contribution is 5.25. The molecule has 1 fully saturated rings. The molecule has 3 rings (SSSR count). The second-order valence-electron chi connectivity index (χ2n) is 5.94. The summed E-state index contributed by atoms with van der Waals surface area (Å²) in [4.78, 5) is 2.42. The molecule has 0 spiro atoms. The Morgan fingerprint density at radius 1 is 1.22 bits per heavy atom. The fourth-order valence-electron chi connectivity index (χ4n) is 3.02. The van der Waals surface area contributed by atoms with Crippen LogP contribution in [0.25, 0.3) is 0 Å². The zero-order valence-corrected chi connectivity index (χ0v) is 13.5. The van der Waals surface area contributed by atoms with Gasteiger partial charge in [-0.1, -0.05) is 24.2 Å². The first-order valence-corrected chi connectivity index (χ1v) is 8.32. The van der Waals surface area contributed by atoms with E-state index < -0.39 is 0 Å². The van der Waals surface area contributed by atoms with Gasteiger partial charge in [0.2, 0.25) is 5.89 Å². The third kappa shape index (κ3) is 4.07. The Kier molecular flexibility index (Phi) is 5.23. The lowest BCUT2D eigenvalue weighted by atomic mass is 10.1. The fraction of sp³-hybridized carbons (Fsp3) is 0.529. The predicted octanol–water partition coefficient (Wildman–Crippen LogP) is 3.41. The van der Waals surface area contributed by atoms with Crippen molar-refractivity contribution in [1.29, 1.82) is 0 Å². The number of anilines is 1. The van der Waals surface area contributed by atoms with Gasteiger partial charge in [-0.3, -0.25) is 4.90 Å². The van der Waals surface area contributed by atoms with Crippen LogP contribution in [0, 0.1) is 5.82 Å². The molecule has 1 N–H and O–H groups in total. The molecule has 1 saturated heterocycles. The SMILES string of the molecule is CCCc1nnc(NC[C@@H](c2ccc(F)cc2)N2CCCC2)o1. The first-order chi connectivity index (χ1) is 11.3. The van der Waals surface area contributed by atoms with E-state index >= 15 is 0 Å². The zero-order valence-electron chi connectivity index (χ0n) is 13.5. The van der Waals surface area contributed by atoms with Gasteiger partial charge < -0.3 is 9.73 Å². The van der Waals surface area contributed by atoms with Gasteiger partial charge in [0, 0.05) is 13.0 Å². The second-order valence-corrected chi connectivity index (χ2v) is 5.94. The number of halogens is 1. The van der Waals surface area contributed by atoms with E-state index in [2.05, 4.69) is 27.3 Å². The van der Waals surface area contributed by atoms with Crippen molar-refractivity contribution < 1.29 is 8.81 Å². The van der Waals surface area contributed by atoms with Gasteiger partial charge in [0.25, 0.3) is 0 Å². The average molecular weight is 318 g/mol. The zero-order chi connectivity index (χ0) is 16.1. The highest BCUT2D eigenvalue weighted by atomic mass is 19.1. The van der Waals surface area contributed by atoms with Gasteiger partial charge in [0.15, 0.2) is 0 Å². The smallest absolute Gasteiger partial charge is 0.315 e. The molecule has 1 aromatic carbocycles. The van der Waals surface area contributed by atoms with E-state index in [1.807, 2.05) is 12.1 Å². The standard InChI is InChI=1S/C17H23FN4O/c1-2-5-16-20-21-17(23-16)19-12-15(22-10-3-4-11-22)13-6-8-14(18)9-7-13/h6-9,15H,2-5,10-12H2,1H3,(H,19,21)/t15-/m0/s1. The maximum absolute atomic E-state index is 13.2. The van der Waals surface area contributed by atoms with E-state index in [0.717, 1.165) is 31.5 Å². The molecule has 124 valence electrons. The quantitative estimate of drug-likeness (QED) is 0.848. The van der Waals surface area contributed by atoms with Crippen LogP contribution >= 0.6 is 0 Å². The van der Waals surface area contributed by atoms with E-state index in [0.29, 0.717) is 18.5 Å². The molecule has 1 aromatic heterocycles. The normalized spacial score (nSPS) is 16.6. The van der Waals surface area contributed by atoms with Gasteiger partial charge >= 0.3 is 6.01 Å². The van der Waals surface area contributed by atoms with E-state index in [1.165, 1.54) is 25.0 Å². The molecule has 0 radical (unpaired) electrons. The van der Waals surface area contributed by atoms with Crippen molar-refractivity contribution in [1.82, 2.24) is 15.1 Å². The van der Waals surface area contributed by atoms with Crippen LogP contribution < -0.4 is 5.32 Å². The first kappa shape index (κ1) is 15.9. The van der Waals surface area contributed by atoms with Gasteiger partial charge in [-0.15, -0.1) is 5.10 Å². The molecule has 5 nitrogen and oxygen atoms in total. The van der Waals surface area contributed by atoms with Crippen LogP contribution in [0.1, 0.15) is 43.7 Å². The number of hydrogen-bond acceptors (Lipinski definition) is 5. The Hall–Kier alpha value is -1.95. The molecule has 0 saturated carbocycles. The summed E-state index contributed by atoms with van der Waals surface area (Å²) in [6, 6.07) is 7.39. The fourth-order valence-corrected chi connectivity index (χ4v) is 3.02. The monoisotopic (exact) mass is 318 g/mol. The Bertz CT molecular complexity index is 607. The van der Waals surface area contributed by atoms with Crippen LogP contribution in [0.4, 0.5) is 10.4 Å².